The minimum Gasteiger partial charge on any atom is -0.480 e. The molecule has 1 rings (SSSR count). The van der Waals surface area contributed by atoms with Crippen LogP contribution in [-0.4, -0.2) is 38.2 Å². The van der Waals surface area contributed by atoms with Gasteiger partial charge in [0.05, 0.1) is 4.92 Å². The summed E-state index contributed by atoms with van der Waals surface area (Å²) in [4.78, 5) is 30.3. The van der Waals surface area contributed by atoms with Crippen LogP contribution in [0.2, 0.25) is 0 Å². The highest BCUT2D eigenvalue weighted by atomic mass is 31.2. The summed E-state index contributed by atoms with van der Waals surface area (Å²) in [6.45, 7) is 0. The molecule has 0 aromatic heterocycles. The number of aliphatic hydroxyl groups excluding tert-OH is 1. The number of nitrogens with two attached hydrogens (primary N) is 1. The smallest absolute Gasteiger partial charge is 0.320 e. The molecule has 0 amide bonds. The van der Waals surface area contributed by atoms with Crippen LogP contribution in [0.15, 0.2) is 24.3 Å². The number of non-ortho nitro benzene ring substituents is 1. The van der Waals surface area contributed by atoms with Crippen molar-refractivity contribution in [3.63, 3.8) is 0 Å². The van der Waals surface area contributed by atoms with Gasteiger partial charge in [-0.15, -0.1) is 0 Å². The van der Waals surface area contributed by atoms with Crippen LogP contribution < -0.4 is 5.73 Å². The molecule has 1 unspecified atom stereocenters. The first kappa shape index (κ1) is 17.3. The lowest BCUT2D eigenvalue weighted by Crippen LogP contribution is -2.31. The van der Waals surface area contributed by atoms with Crippen LogP contribution in [0, 0.1) is 10.1 Å². The van der Waals surface area contributed by atoms with E-state index in [1.807, 2.05) is 0 Å². The highest BCUT2D eigenvalue weighted by molar-refractivity contribution is 7.58. The van der Waals surface area contributed by atoms with Crippen molar-refractivity contribution in [2.45, 2.75) is 18.3 Å². The number of hydrogen-bond donors (Lipinski definition) is 4. The second-order valence-electron chi connectivity index (χ2n) is 4.44. The summed E-state index contributed by atoms with van der Waals surface area (Å²) in [6, 6.07) is 3.41. The van der Waals surface area contributed by atoms with Crippen molar-refractivity contribution < 1.29 is 29.4 Å². The highest BCUT2D eigenvalue weighted by Gasteiger charge is 2.32. The maximum absolute atomic E-state index is 12.0. The molecule has 0 bridgehead atoms. The Labute approximate surface area is 119 Å². The number of aliphatic hydroxyl groups is 1. The topological polar surface area (TPSA) is 164 Å². The summed E-state index contributed by atoms with van der Waals surface area (Å²) in [5.41, 5.74) is 4.81. The van der Waals surface area contributed by atoms with Crippen molar-refractivity contribution in [2.75, 3.05) is 6.16 Å². The number of carbonyl (C=O) groups is 1. The lowest BCUT2D eigenvalue weighted by molar-refractivity contribution is -0.385. The lowest BCUT2D eigenvalue weighted by Gasteiger charge is -2.19. The Balaban J connectivity index is 2.87. The first-order valence-corrected chi connectivity index (χ1v) is 7.79. The molecule has 0 fully saturated rings. The Kier molecular flexibility index (Phi) is 5.56. The van der Waals surface area contributed by atoms with E-state index in [2.05, 4.69) is 0 Å². The fourth-order valence-electron chi connectivity index (χ4n) is 1.60. The number of carboxylic acids is 1. The molecule has 0 aliphatic heterocycles. The fourth-order valence-corrected chi connectivity index (χ4v) is 3.12. The Morgan fingerprint density at radius 2 is 2.10 bits per heavy atom. The maximum atomic E-state index is 12.0. The van der Waals surface area contributed by atoms with Gasteiger partial charge in [0.15, 0.2) is 5.85 Å². The molecule has 0 saturated carbocycles. The van der Waals surface area contributed by atoms with Crippen LogP contribution in [0.5, 0.6) is 0 Å². The number of nitro benzene ring substituents is 1. The summed E-state index contributed by atoms with van der Waals surface area (Å²) in [6.07, 6.45) is -0.806. The molecule has 1 aromatic rings. The fraction of sp³-hybridized carbons (Fsp3) is 0.364. The SMILES string of the molecule is N[C@@H](CCP(=O)(O)[C@H](O)c1cccc([N+](=O)[O-])c1)C(=O)O. The van der Waals surface area contributed by atoms with Gasteiger partial charge in [-0.05, 0) is 12.0 Å². The van der Waals surface area contributed by atoms with Gasteiger partial charge in [0, 0.05) is 18.3 Å². The molecule has 5 N–H and O–H groups in total. The number of rotatable bonds is 7. The first-order chi connectivity index (χ1) is 9.65. The van der Waals surface area contributed by atoms with Gasteiger partial charge in [0.1, 0.15) is 6.04 Å². The van der Waals surface area contributed by atoms with Gasteiger partial charge in [0.25, 0.3) is 5.69 Å². The minimum atomic E-state index is -4.16. The zero-order valence-corrected chi connectivity index (χ0v) is 11.7. The van der Waals surface area contributed by atoms with E-state index in [-0.39, 0.29) is 17.7 Å². The standard InChI is InChI=1S/C11H15N2O7P/c12-9(10(14)15)4-5-21(19,20)11(16)7-2-1-3-8(6-7)13(17)18/h1-3,6,9,11,16H,4-5,12H2,(H,14,15)(H,19,20)/t9-,11-/m0/s1. The molecule has 10 heteroatoms. The molecular weight excluding hydrogens is 303 g/mol. The second-order valence-corrected chi connectivity index (χ2v) is 6.89. The molecule has 0 spiro atoms. The van der Waals surface area contributed by atoms with E-state index >= 15 is 0 Å². The van der Waals surface area contributed by atoms with Crippen molar-refractivity contribution in [3.8, 4) is 0 Å². The average Bonchev–Trinajstić information content (AvgIpc) is 2.43. The van der Waals surface area contributed by atoms with Crippen LogP contribution in [0.25, 0.3) is 0 Å². The molecule has 1 aromatic carbocycles. The van der Waals surface area contributed by atoms with Crippen molar-refractivity contribution in [2.24, 2.45) is 5.73 Å². The number of nitro groups is 1. The number of hydrogen-bond acceptors (Lipinski definition) is 6. The molecule has 9 nitrogen and oxygen atoms in total. The molecule has 116 valence electrons. The predicted octanol–water partition coefficient (Wildman–Crippen LogP) is 0.658. The van der Waals surface area contributed by atoms with Gasteiger partial charge >= 0.3 is 5.97 Å². The number of carboxylic acid groups (broad SMARTS) is 1. The zero-order chi connectivity index (χ0) is 16.2. The van der Waals surface area contributed by atoms with Crippen LogP contribution in [-0.2, 0) is 9.36 Å². The van der Waals surface area contributed by atoms with E-state index < -0.39 is 36.3 Å². The van der Waals surface area contributed by atoms with E-state index in [4.69, 9.17) is 10.8 Å². The van der Waals surface area contributed by atoms with Gasteiger partial charge in [-0.3, -0.25) is 19.5 Å². The van der Waals surface area contributed by atoms with E-state index in [9.17, 15) is 29.5 Å². The van der Waals surface area contributed by atoms with Crippen LogP contribution in [0.3, 0.4) is 0 Å². The Morgan fingerprint density at radius 1 is 1.48 bits per heavy atom. The Bertz CT molecular complexity index is 592. The third kappa shape index (κ3) is 4.61. The molecule has 0 aliphatic rings. The average molecular weight is 318 g/mol. The Morgan fingerprint density at radius 3 is 2.62 bits per heavy atom. The van der Waals surface area contributed by atoms with Gasteiger partial charge < -0.3 is 20.8 Å². The van der Waals surface area contributed by atoms with Gasteiger partial charge in [0.2, 0.25) is 7.37 Å². The van der Waals surface area contributed by atoms with E-state index in [0.717, 1.165) is 6.07 Å². The first-order valence-electron chi connectivity index (χ1n) is 5.87. The summed E-state index contributed by atoms with van der Waals surface area (Å²) in [7, 11) is -4.16. The molecular formula is C11H15N2O7P. The van der Waals surface area contributed by atoms with E-state index in [1.165, 1.54) is 18.2 Å². The summed E-state index contributed by atoms with van der Waals surface area (Å²) >= 11 is 0. The molecule has 0 radical (unpaired) electrons. The Hall–Kier alpha value is -1.80. The van der Waals surface area contributed by atoms with Crippen molar-refractivity contribution >= 4 is 19.0 Å². The summed E-state index contributed by atoms with van der Waals surface area (Å²) in [5.74, 6) is -3.15. The molecule has 0 aliphatic carbocycles. The summed E-state index contributed by atoms with van der Waals surface area (Å²) < 4.78 is 12.0. The molecule has 0 heterocycles. The van der Waals surface area contributed by atoms with Gasteiger partial charge in [-0.2, -0.15) is 0 Å². The quantitative estimate of drug-likeness (QED) is 0.323. The summed E-state index contributed by atoms with van der Waals surface area (Å²) in [5, 5.41) is 29.1. The maximum Gasteiger partial charge on any atom is 0.320 e. The van der Waals surface area contributed by atoms with Gasteiger partial charge in [-0.25, -0.2) is 0 Å². The van der Waals surface area contributed by atoms with Crippen LogP contribution >= 0.6 is 7.37 Å². The van der Waals surface area contributed by atoms with E-state index in [0.29, 0.717) is 0 Å². The normalized spacial score (nSPS) is 16.7. The van der Waals surface area contributed by atoms with Crippen LogP contribution in [0.4, 0.5) is 5.69 Å². The third-order valence-electron chi connectivity index (χ3n) is 2.84. The van der Waals surface area contributed by atoms with Gasteiger partial charge in [-0.1, -0.05) is 12.1 Å². The zero-order valence-electron chi connectivity index (χ0n) is 10.8. The molecule has 0 saturated heterocycles. The highest BCUT2D eigenvalue weighted by Crippen LogP contribution is 2.54. The van der Waals surface area contributed by atoms with E-state index in [1.54, 1.807) is 0 Å². The van der Waals surface area contributed by atoms with Crippen molar-refractivity contribution in [1.82, 2.24) is 0 Å². The monoisotopic (exact) mass is 318 g/mol. The number of benzene rings is 1. The lowest BCUT2D eigenvalue weighted by atomic mass is 10.2. The molecule has 3 atom stereocenters. The minimum absolute atomic E-state index is 0.0843. The van der Waals surface area contributed by atoms with Crippen molar-refractivity contribution in [3.05, 3.63) is 39.9 Å². The third-order valence-corrected chi connectivity index (χ3v) is 4.80. The second kappa shape index (κ2) is 6.77. The van der Waals surface area contributed by atoms with Crippen molar-refractivity contribution in [1.29, 1.82) is 0 Å². The number of nitrogens with zero attached hydrogens (tertiary/aromatic N) is 1. The largest absolute Gasteiger partial charge is 0.480 e. The van der Waals surface area contributed by atoms with Crippen LogP contribution in [0.1, 0.15) is 17.8 Å². The number of aliphatic carboxylic acids is 1. The molecule has 21 heavy (non-hydrogen) atoms. The predicted molar refractivity (Wildman–Crippen MR) is 73.0 cm³/mol.